The summed E-state index contributed by atoms with van der Waals surface area (Å²) in [7, 11) is -0.985. The van der Waals surface area contributed by atoms with Gasteiger partial charge in [0.25, 0.3) is 5.91 Å². The smallest absolute Gasteiger partial charge is 0.255 e. The number of halogens is 1. The fraction of sp³-hybridized carbons (Fsp3) is 0.429. The highest BCUT2D eigenvalue weighted by Gasteiger charge is 2.50. The highest BCUT2D eigenvalue weighted by Crippen LogP contribution is 2.51. The van der Waals surface area contributed by atoms with Crippen LogP contribution in [0.3, 0.4) is 0 Å². The van der Waals surface area contributed by atoms with Crippen LogP contribution in [0.5, 0.6) is 5.75 Å². The normalized spacial score (nSPS) is 20.0. The molecule has 65 heavy (non-hydrogen) atoms. The number of aromatic nitrogens is 2. The molecule has 1 aliphatic carbocycles. The van der Waals surface area contributed by atoms with Crippen molar-refractivity contribution in [3.05, 3.63) is 88.1 Å². The summed E-state index contributed by atoms with van der Waals surface area (Å²) in [5.74, 6) is 7.06. The lowest BCUT2D eigenvalue weighted by molar-refractivity contribution is -0.136. The van der Waals surface area contributed by atoms with E-state index in [0.29, 0.717) is 57.4 Å². The van der Waals surface area contributed by atoms with Crippen LogP contribution in [0.15, 0.2) is 60.8 Å². The Morgan fingerprint density at radius 1 is 0.954 bits per heavy atom. The van der Waals surface area contributed by atoms with Gasteiger partial charge in [-0.25, -0.2) is 4.98 Å². The zero-order chi connectivity index (χ0) is 45.5. The second-order valence-electron chi connectivity index (χ2n) is 18.4. The number of rotatable bonds is 11. The predicted molar refractivity (Wildman–Crippen MR) is 252 cm³/mol. The molecule has 14 nitrogen and oxygen atoms in total. The monoisotopic (exact) mass is 913 g/mol. The Labute approximate surface area is 384 Å². The third kappa shape index (κ3) is 9.05. The molecule has 3 N–H and O–H groups in total. The van der Waals surface area contributed by atoms with E-state index in [1.165, 1.54) is 19.0 Å². The minimum absolute atomic E-state index is 0.181. The van der Waals surface area contributed by atoms with Crippen LogP contribution < -0.4 is 30.9 Å². The van der Waals surface area contributed by atoms with E-state index in [1.54, 1.807) is 37.5 Å². The summed E-state index contributed by atoms with van der Waals surface area (Å²) in [6.07, 6.45) is 10.6. The van der Waals surface area contributed by atoms with E-state index in [9.17, 15) is 24.2 Å². The lowest BCUT2D eigenvalue weighted by Crippen LogP contribution is -2.52. The Balaban J connectivity index is 0.794. The summed E-state index contributed by atoms with van der Waals surface area (Å²) in [5.41, 5.74) is 5.33. The standard InChI is InChI=1S/C49H53ClN9O5P/c1-64-41-28-40(33(29-51)27-38(41)54-47-52-30-36(50)44(56-47)53-37-12-4-5-13-42(37)65(2,3)63)57-23-19-48(20-24-57)21-25-58(26-22-48)49(17-18-49)16-7-6-9-32-10-8-11-34-35(32)31-59(46(34)62)39-14-15-43(60)55-45(39)61/h4-5,8,10-13,27-28,30,39H,7,14-26,31H2,1-3H3,(H,55,60,61)(H2,52,53,54,56). The number of carbonyl (C=O) groups is 3. The number of piperidine rings is 3. The second kappa shape index (κ2) is 17.8. The number of hydrogen-bond donors (Lipinski definition) is 3. The highest BCUT2D eigenvalue weighted by molar-refractivity contribution is 7.70. The maximum atomic E-state index is 13.3. The molecule has 1 aromatic heterocycles. The first-order chi connectivity index (χ1) is 31.3. The summed E-state index contributed by atoms with van der Waals surface area (Å²) in [4.78, 5) is 53.1. The molecule has 4 aliphatic heterocycles. The van der Waals surface area contributed by atoms with E-state index in [2.05, 4.69) is 53.6 Å². The Morgan fingerprint density at radius 3 is 2.42 bits per heavy atom. The number of carbonyl (C=O) groups excluding carboxylic acids is 3. The number of fused-ring (bicyclic) bond motifs is 1. The summed E-state index contributed by atoms with van der Waals surface area (Å²) in [5, 5.41) is 20.2. The molecule has 3 saturated heterocycles. The average molecular weight is 914 g/mol. The first kappa shape index (κ1) is 44.3. The van der Waals surface area contributed by atoms with Crippen LogP contribution in [-0.2, 0) is 20.7 Å². The van der Waals surface area contributed by atoms with Crippen LogP contribution >= 0.6 is 18.7 Å². The molecule has 0 radical (unpaired) electrons. The maximum Gasteiger partial charge on any atom is 0.255 e. The number of ether oxygens (including phenoxy) is 1. The molecule has 1 atom stereocenters. The number of anilines is 5. The summed E-state index contributed by atoms with van der Waals surface area (Å²) in [6, 6.07) is 18.5. The molecule has 1 unspecified atom stereocenters. The Bertz CT molecular complexity index is 2720. The lowest BCUT2D eigenvalue weighted by Gasteiger charge is -2.49. The van der Waals surface area contributed by atoms with E-state index >= 15 is 0 Å². The first-order valence-corrected chi connectivity index (χ1v) is 25.4. The van der Waals surface area contributed by atoms with Gasteiger partial charge in [-0.3, -0.25) is 24.6 Å². The van der Waals surface area contributed by atoms with Crippen LogP contribution in [0.25, 0.3) is 0 Å². The molecular formula is C49H53ClN9O5P. The van der Waals surface area contributed by atoms with E-state index in [-0.39, 0.29) is 35.1 Å². The number of hydrogen-bond acceptors (Lipinski definition) is 12. The molecular weight excluding hydrogens is 861 g/mol. The Morgan fingerprint density at radius 2 is 1.71 bits per heavy atom. The third-order valence-corrected chi connectivity index (χ3v) is 16.0. The Kier molecular flexibility index (Phi) is 12.1. The van der Waals surface area contributed by atoms with Gasteiger partial charge in [-0.1, -0.05) is 41.6 Å². The predicted octanol–water partition coefficient (Wildman–Crippen LogP) is 7.55. The van der Waals surface area contributed by atoms with Gasteiger partial charge in [-0.2, -0.15) is 10.2 Å². The van der Waals surface area contributed by atoms with Crippen LogP contribution in [0.1, 0.15) is 91.3 Å². The van der Waals surface area contributed by atoms with Gasteiger partial charge < -0.3 is 29.7 Å². The fourth-order valence-corrected chi connectivity index (χ4v) is 11.5. The van der Waals surface area contributed by atoms with Crippen LogP contribution in [0.4, 0.5) is 28.8 Å². The number of nitrogens with one attached hydrogen (secondary N) is 3. The largest absolute Gasteiger partial charge is 0.494 e. The van der Waals surface area contributed by atoms with E-state index in [1.807, 2.05) is 42.5 Å². The van der Waals surface area contributed by atoms with Crippen molar-refractivity contribution in [2.24, 2.45) is 5.41 Å². The maximum absolute atomic E-state index is 13.3. The number of imide groups is 1. The van der Waals surface area contributed by atoms with Gasteiger partial charge in [0, 0.05) is 60.5 Å². The molecule has 336 valence electrons. The van der Waals surface area contributed by atoms with Gasteiger partial charge >= 0.3 is 0 Å². The lowest BCUT2D eigenvalue weighted by atomic mass is 9.70. The van der Waals surface area contributed by atoms with Crippen LogP contribution in [0.2, 0.25) is 5.02 Å². The first-order valence-electron chi connectivity index (χ1n) is 22.4. The van der Waals surface area contributed by atoms with E-state index < -0.39 is 19.1 Å². The van der Waals surface area contributed by atoms with Crippen molar-refractivity contribution in [1.29, 1.82) is 5.26 Å². The molecule has 1 spiro atoms. The second-order valence-corrected chi connectivity index (χ2v) is 22.0. The van der Waals surface area contributed by atoms with E-state index in [4.69, 9.17) is 16.3 Å². The number of para-hydroxylation sites is 1. The summed E-state index contributed by atoms with van der Waals surface area (Å²) in [6.45, 7) is 7.61. The number of amides is 3. The number of nitriles is 1. The molecule has 5 heterocycles. The molecule has 4 fully saturated rings. The van der Waals surface area contributed by atoms with Crippen LogP contribution in [-0.4, -0.2) is 95.7 Å². The average Bonchev–Trinajstić information content (AvgIpc) is 4.01. The molecule has 3 amide bonds. The fourth-order valence-electron chi connectivity index (χ4n) is 10.2. The van der Waals surface area contributed by atoms with Gasteiger partial charge in [0.15, 0.2) is 5.82 Å². The SMILES string of the molecule is COc1cc(N2CCC3(CC2)CCN(C2(CCC#Cc4cccc5c4CN(C4CCC(=O)NC4=O)C5=O)CC2)CC3)c(C#N)cc1Nc1ncc(Cl)c(Nc2ccccc2P(C)(C)=O)n1. The molecule has 5 aliphatic rings. The van der Waals surface area contributed by atoms with Crippen molar-refractivity contribution in [2.75, 3.05) is 62.2 Å². The molecule has 16 heteroatoms. The molecule has 1 saturated carbocycles. The molecule has 0 bridgehead atoms. The van der Waals surface area contributed by atoms with Gasteiger partial charge in [0.05, 0.1) is 35.9 Å². The zero-order valence-corrected chi connectivity index (χ0v) is 38.7. The van der Waals surface area contributed by atoms with Crippen molar-refractivity contribution in [2.45, 2.75) is 82.3 Å². The number of benzene rings is 3. The zero-order valence-electron chi connectivity index (χ0n) is 37.0. The van der Waals surface area contributed by atoms with Gasteiger partial charge in [-0.15, -0.1) is 0 Å². The van der Waals surface area contributed by atoms with E-state index in [0.717, 1.165) is 81.5 Å². The van der Waals surface area contributed by atoms with Crippen molar-refractivity contribution >= 4 is 70.6 Å². The van der Waals surface area contributed by atoms with Gasteiger partial charge in [0.1, 0.15) is 30.0 Å². The topological polar surface area (TPSA) is 173 Å². The van der Waals surface area contributed by atoms with Crippen LogP contribution in [0, 0.1) is 28.6 Å². The molecule has 3 aromatic carbocycles. The third-order valence-electron chi connectivity index (χ3n) is 14.2. The number of likely N-dealkylation sites (tertiary alicyclic amines) is 1. The van der Waals surface area contributed by atoms with Gasteiger partial charge in [0.2, 0.25) is 17.8 Å². The number of methoxy groups -OCH3 is 1. The number of nitrogens with zero attached hydrogens (tertiary/aromatic N) is 6. The highest BCUT2D eigenvalue weighted by atomic mass is 35.5. The quantitative estimate of drug-likeness (QED) is 0.0768. The Hall–Kier alpha value is -5.92. The van der Waals surface area contributed by atoms with Crippen molar-refractivity contribution in [3.63, 3.8) is 0 Å². The minimum atomic E-state index is -2.59. The van der Waals surface area contributed by atoms with Crippen molar-refractivity contribution < 1.29 is 23.7 Å². The van der Waals surface area contributed by atoms with Crippen molar-refractivity contribution in [1.82, 2.24) is 25.1 Å². The minimum Gasteiger partial charge on any atom is -0.494 e. The van der Waals surface area contributed by atoms with Gasteiger partial charge in [-0.05, 0) is 119 Å². The summed E-state index contributed by atoms with van der Waals surface area (Å²) >= 11 is 6.51. The summed E-state index contributed by atoms with van der Waals surface area (Å²) < 4.78 is 18.8. The van der Waals surface area contributed by atoms with Crippen molar-refractivity contribution in [3.8, 4) is 23.7 Å². The molecule has 9 rings (SSSR count). The molecule has 4 aromatic rings.